The molecule has 0 spiro atoms. The van der Waals surface area contributed by atoms with Gasteiger partial charge in [0.2, 0.25) is 10.0 Å². The molecule has 2 aliphatic rings. The number of sulfonamides is 1. The van der Waals surface area contributed by atoms with Gasteiger partial charge in [0.05, 0.1) is 10.6 Å². The molecule has 1 N–H and O–H groups in total. The Hall–Kier alpha value is -2.45. The van der Waals surface area contributed by atoms with Crippen LogP contribution in [0.15, 0.2) is 47.5 Å². The summed E-state index contributed by atoms with van der Waals surface area (Å²) in [6, 6.07) is 9.92. The van der Waals surface area contributed by atoms with Crippen LogP contribution in [0.25, 0.3) is 0 Å². The molecule has 3 heterocycles. The van der Waals surface area contributed by atoms with Crippen LogP contribution in [-0.4, -0.2) is 49.3 Å². The van der Waals surface area contributed by atoms with E-state index in [-0.39, 0.29) is 16.8 Å². The van der Waals surface area contributed by atoms with Gasteiger partial charge in [0.25, 0.3) is 5.91 Å². The third-order valence-electron chi connectivity index (χ3n) is 6.14. The average molecular weight is 443 g/mol. The lowest BCUT2D eigenvalue weighted by Crippen LogP contribution is -2.41. The van der Waals surface area contributed by atoms with Crippen molar-refractivity contribution in [1.29, 1.82) is 0 Å². The molecule has 166 valence electrons. The number of rotatable bonds is 5. The van der Waals surface area contributed by atoms with Crippen molar-refractivity contribution in [2.24, 2.45) is 0 Å². The highest BCUT2D eigenvalue weighted by molar-refractivity contribution is 7.89. The van der Waals surface area contributed by atoms with Crippen molar-refractivity contribution >= 4 is 27.4 Å². The number of anilines is 2. The number of carbonyl (C=O) groups is 1. The summed E-state index contributed by atoms with van der Waals surface area (Å²) >= 11 is 0. The van der Waals surface area contributed by atoms with Crippen LogP contribution in [0, 0.1) is 0 Å². The second-order valence-electron chi connectivity index (χ2n) is 8.36. The lowest BCUT2D eigenvalue weighted by molar-refractivity contribution is 0.102. The molecule has 8 heteroatoms. The van der Waals surface area contributed by atoms with Crippen LogP contribution in [0.3, 0.4) is 0 Å². The number of pyridine rings is 1. The minimum Gasteiger partial charge on any atom is -0.355 e. The third kappa shape index (κ3) is 4.75. The van der Waals surface area contributed by atoms with Crippen LogP contribution in [0.5, 0.6) is 0 Å². The maximum absolute atomic E-state index is 13.2. The molecular weight excluding hydrogens is 412 g/mol. The number of amides is 1. The Morgan fingerprint density at radius 3 is 2.58 bits per heavy atom. The Labute approximate surface area is 184 Å². The molecule has 2 aliphatic heterocycles. The number of piperidine rings is 2. The zero-order valence-electron chi connectivity index (χ0n) is 18.0. The lowest BCUT2D eigenvalue weighted by Gasteiger charge is -2.32. The topological polar surface area (TPSA) is 82.6 Å². The molecule has 1 aromatic carbocycles. The van der Waals surface area contributed by atoms with Gasteiger partial charge in [0.1, 0.15) is 0 Å². The van der Waals surface area contributed by atoms with Gasteiger partial charge in [-0.15, -0.1) is 0 Å². The fraction of sp³-hybridized carbons (Fsp3) is 0.478. The van der Waals surface area contributed by atoms with E-state index in [1.165, 1.54) is 12.5 Å². The van der Waals surface area contributed by atoms with Crippen molar-refractivity contribution < 1.29 is 13.2 Å². The molecule has 0 radical (unpaired) electrons. The predicted molar refractivity (Wildman–Crippen MR) is 122 cm³/mol. The van der Waals surface area contributed by atoms with Crippen molar-refractivity contribution in [3.63, 3.8) is 0 Å². The minimum absolute atomic E-state index is 0.0290. The fourth-order valence-corrected chi connectivity index (χ4v) is 6.15. The summed E-state index contributed by atoms with van der Waals surface area (Å²) in [5, 5.41) is 2.94. The normalized spacial score (nSPS) is 20.4. The van der Waals surface area contributed by atoms with E-state index < -0.39 is 10.0 Å². The number of hydrogen-bond acceptors (Lipinski definition) is 5. The first-order chi connectivity index (χ1) is 15.0. The molecule has 1 amide bonds. The van der Waals surface area contributed by atoms with E-state index in [1.54, 1.807) is 34.8 Å². The lowest BCUT2D eigenvalue weighted by atomic mass is 10.1. The monoisotopic (exact) mass is 442 g/mol. The van der Waals surface area contributed by atoms with E-state index in [0.29, 0.717) is 17.8 Å². The summed E-state index contributed by atoms with van der Waals surface area (Å²) in [7, 11) is -3.63. The van der Waals surface area contributed by atoms with E-state index in [1.807, 2.05) is 13.0 Å². The maximum atomic E-state index is 13.2. The second kappa shape index (κ2) is 9.36. The van der Waals surface area contributed by atoms with Crippen LogP contribution in [0.2, 0.25) is 0 Å². The number of nitrogens with zero attached hydrogens (tertiary/aromatic N) is 3. The SMILES string of the molecule is CC1CCCCN1S(=O)(=O)c1cccc(C(=O)Nc2cccnc2N2CCCCC2)c1. The first kappa shape index (κ1) is 21.8. The molecule has 31 heavy (non-hydrogen) atoms. The summed E-state index contributed by atoms with van der Waals surface area (Å²) in [6.07, 6.45) is 7.93. The van der Waals surface area contributed by atoms with Crippen molar-refractivity contribution in [2.75, 3.05) is 29.9 Å². The van der Waals surface area contributed by atoms with Crippen molar-refractivity contribution in [2.45, 2.75) is 56.4 Å². The number of carbonyl (C=O) groups excluding carboxylic acids is 1. The molecule has 2 aromatic rings. The van der Waals surface area contributed by atoms with Gasteiger partial charge in [-0.05, 0) is 69.4 Å². The Balaban J connectivity index is 1.56. The maximum Gasteiger partial charge on any atom is 0.255 e. The fourth-order valence-electron chi connectivity index (χ4n) is 4.41. The van der Waals surface area contributed by atoms with E-state index in [0.717, 1.165) is 51.0 Å². The smallest absolute Gasteiger partial charge is 0.255 e. The van der Waals surface area contributed by atoms with E-state index in [9.17, 15) is 13.2 Å². The summed E-state index contributed by atoms with van der Waals surface area (Å²) in [4.78, 5) is 19.8. The van der Waals surface area contributed by atoms with E-state index in [2.05, 4.69) is 15.2 Å². The van der Waals surface area contributed by atoms with Crippen molar-refractivity contribution in [1.82, 2.24) is 9.29 Å². The highest BCUT2D eigenvalue weighted by Gasteiger charge is 2.31. The van der Waals surface area contributed by atoms with Gasteiger partial charge in [-0.25, -0.2) is 13.4 Å². The van der Waals surface area contributed by atoms with Crippen LogP contribution in [-0.2, 0) is 10.0 Å². The first-order valence-electron chi connectivity index (χ1n) is 11.1. The van der Waals surface area contributed by atoms with Crippen molar-refractivity contribution in [3.8, 4) is 0 Å². The summed E-state index contributed by atoms with van der Waals surface area (Å²) < 4.78 is 27.9. The summed E-state index contributed by atoms with van der Waals surface area (Å²) in [5.74, 6) is 0.427. The van der Waals surface area contributed by atoms with Gasteiger partial charge in [0, 0.05) is 37.4 Å². The largest absolute Gasteiger partial charge is 0.355 e. The summed E-state index contributed by atoms with van der Waals surface area (Å²) in [6.45, 7) is 4.30. The van der Waals surface area contributed by atoms with Gasteiger partial charge >= 0.3 is 0 Å². The van der Waals surface area contributed by atoms with Gasteiger partial charge in [-0.3, -0.25) is 4.79 Å². The zero-order valence-corrected chi connectivity index (χ0v) is 18.8. The molecule has 4 rings (SSSR count). The first-order valence-corrected chi connectivity index (χ1v) is 12.5. The molecule has 0 bridgehead atoms. The molecular formula is C23H30N4O3S. The molecule has 1 aromatic heterocycles. The van der Waals surface area contributed by atoms with Gasteiger partial charge in [-0.2, -0.15) is 4.31 Å². The zero-order chi connectivity index (χ0) is 21.8. The molecule has 1 unspecified atom stereocenters. The molecule has 0 saturated carbocycles. The highest BCUT2D eigenvalue weighted by Crippen LogP contribution is 2.28. The van der Waals surface area contributed by atoms with Gasteiger partial charge in [-0.1, -0.05) is 12.5 Å². The van der Waals surface area contributed by atoms with E-state index in [4.69, 9.17) is 0 Å². The standard InChI is InChI=1S/C23H30N4O3S/c1-18-9-3-6-16-27(18)31(29,30)20-11-7-10-19(17-20)23(28)25-21-12-8-13-24-22(21)26-14-4-2-5-15-26/h7-8,10-13,17-18H,2-6,9,14-16H2,1H3,(H,25,28). The second-order valence-corrected chi connectivity index (χ2v) is 10.3. The molecule has 2 saturated heterocycles. The average Bonchev–Trinajstić information content (AvgIpc) is 2.80. The Morgan fingerprint density at radius 2 is 1.81 bits per heavy atom. The van der Waals surface area contributed by atoms with Gasteiger partial charge < -0.3 is 10.2 Å². The highest BCUT2D eigenvalue weighted by atomic mass is 32.2. The van der Waals surface area contributed by atoms with Crippen molar-refractivity contribution in [3.05, 3.63) is 48.2 Å². The summed E-state index contributed by atoms with van der Waals surface area (Å²) in [5.41, 5.74) is 0.964. The molecule has 7 nitrogen and oxygen atoms in total. The van der Waals surface area contributed by atoms with E-state index >= 15 is 0 Å². The molecule has 1 atom stereocenters. The Bertz CT molecular complexity index is 1030. The molecule has 0 aliphatic carbocycles. The number of aromatic nitrogens is 1. The third-order valence-corrected chi connectivity index (χ3v) is 8.14. The van der Waals surface area contributed by atoms with Gasteiger partial charge in [0.15, 0.2) is 5.82 Å². The molecule has 2 fully saturated rings. The predicted octanol–water partition coefficient (Wildman–Crippen LogP) is 3.89. The number of benzene rings is 1. The van der Waals surface area contributed by atoms with Crippen LogP contribution in [0.1, 0.15) is 55.8 Å². The Kier molecular flexibility index (Phi) is 6.57. The Morgan fingerprint density at radius 1 is 1.03 bits per heavy atom. The number of hydrogen-bond donors (Lipinski definition) is 1. The van der Waals surface area contributed by atoms with Crippen LogP contribution < -0.4 is 10.2 Å². The number of nitrogens with one attached hydrogen (secondary N) is 1. The van der Waals surface area contributed by atoms with Crippen LogP contribution in [0.4, 0.5) is 11.5 Å². The minimum atomic E-state index is -3.63. The quantitative estimate of drug-likeness (QED) is 0.760. The van der Waals surface area contributed by atoms with Crippen LogP contribution >= 0.6 is 0 Å².